The molecule has 0 unspecified atom stereocenters. The molecule has 32 heteroatoms. The van der Waals surface area contributed by atoms with Gasteiger partial charge in [-0.3, -0.25) is 38.9 Å². The summed E-state index contributed by atoms with van der Waals surface area (Å²) >= 11 is 13.8. The van der Waals surface area contributed by atoms with Crippen molar-refractivity contribution < 1.29 is 70.8 Å². The number of nitrogens with one attached hydrogen (secondary N) is 3. The smallest absolute Gasteiger partial charge is 0.341 e. The van der Waals surface area contributed by atoms with Crippen molar-refractivity contribution in [2.75, 3.05) is 45.2 Å². The molecule has 4 aromatic rings. The Balaban J connectivity index is 0.000000272. The molecule has 0 bridgehead atoms. The van der Waals surface area contributed by atoms with E-state index >= 15 is 0 Å². The molecule has 0 aliphatic carbocycles. The van der Waals surface area contributed by atoms with E-state index < -0.39 is 75.9 Å². The van der Waals surface area contributed by atoms with E-state index in [4.69, 9.17) is 52.7 Å². The van der Waals surface area contributed by atoms with E-state index in [-0.39, 0.29) is 39.0 Å². The molecule has 1 aliphatic heterocycles. The summed E-state index contributed by atoms with van der Waals surface area (Å²) in [6.07, 6.45) is 1.30. The second-order valence-corrected chi connectivity index (χ2v) is 17.6. The van der Waals surface area contributed by atoms with E-state index in [0.717, 1.165) is 49.1 Å². The van der Waals surface area contributed by atoms with Crippen molar-refractivity contribution in [2.24, 2.45) is 12.0 Å². The van der Waals surface area contributed by atoms with E-state index in [1.54, 1.807) is 14.1 Å². The molecule has 3 aromatic heterocycles. The fraction of sp³-hybridized carbons (Fsp3) is 0.367. The van der Waals surface area contributed by atoms with Gasteiger partial charge in [0.1, 0.15) is 17.1 Å². The van der Waals surface area contributed by atoms with Gasteiger partial charge in [0, 0.05) is 25.0 Å². The minimum absolute atomic E-state index is 0.0478. The highest BCUT2D eigenvalue weighted by molar-refractivity contribution is 8.00. The number of carboxylic acid groups (broad SMARTS) is 2. The van der Waals surface area contributed by atoms with Gasteiger partial charge in [0.25, 0.3) is 10.0 Å². The number of esters is 1. The Morgan fingerprint density at radius 2 is 1.65 bits per heavy atom. The predicted octanol–water partition coefficient (Wildman–Crippen LogP) is 1.68. The van der Waals surface area contributed by atoms with Crippen molar-refractivity contribution in [1.29, 1.82) is 0 Å². The van der Waals surface area contributed by atoms with Gasteiger partial charge in [-0.2, -0.15) is 23.5 Å². The summed E-state index contributed by atoms with van der Waals surface area (Å²) in [6.45, 7) is 0.885. The number of aliphatic carboxylic acids is 1. The standard InChI is InChI=1S/C15H15ClFN3O3S2.C12H13ClN6O7S.C3H8NO5P/c1-23-13(21)8-24-12-7-11(10(17)6-9(12)16)18-14-19-4-2-3-5-20(19)15(22)25-14;1-19-9(7(10(20)21)8(13)17-19)27(23,24)18-12(22)16-11-14-5(25-2)4-6(15-11)26-3;5-3(6)1-4-2-10(7,8)9/h6-7H,2-5,8H2,1H3;4H,1-3H3,(H,20,21)(H2,14,15,16,18,22);4H,1-2H2,(H,5,6)(H2,7,8,9)/b18-14-;;. The summed E-state index contributed by atoms with van der Waals surface area (Å²) < 4.78 is 69.2. The molecule has 1 aromatic carbocycles. The molecule has 0 saturated heterocycles. The summed E-state index contributed by atoms with van der Waals surface area (Å²) in [5.41, 5.74) is -0.696. The van der Waals surface area contributed by atoms with Crippen LogP contribution in [0.3, 0.4) is 0 Å². The average molecular weight is 994 g/mol. The second-order valence-electron chi connectivity index (χ2n) is 11.7. The number of carbonyl (C=O) groups is 4. The monoisotopic (exact) mass is 992 g/mol. The molecule has 0 radical (unpaired) electrons. The van der Waals surface area contributed by atoms with Gasteiger partial charge in [-0.25, -0.2) is 28.4 Å². The molecule has 1 aliphatic rings. The maximum Gasteiger partial charge on any atom is 0.341 e. The minimum Gasteiger partial charge on any atom is -0.481 e. The lowest BCUT2D eigenvalue weighted by Gasteiger charge is -2.15. The van der Waals surface area contributed by atoms with Crippen molar-refractivity contribution in [3.63, 3.8) is 0 Å². The number of hydrogen-bond donors (Lipinski definition) is 7. The van der Waals surface area contributed by atoms with E-state index in [0.29, 0.717) is 27.5 Å². The molecular formula is C30H36Cl2FN10O15PS3. The zero-order valence-corrected chi connectivity index (χ0v) is 37.3. The Labute approximate surface area is 367 Å². The Kier molecular flexibility index (Phi) is 18.8. The van der Waals surface area contributed by atoms with Crippen molar-refractivity contribution >= 4 is 99.5 Å². The number of nitrogens with zero attached hydrogens (tertiary/aromatic N) is 7. The van der Waals surface area contributed by atoms with Crippen LogP contribution in [0.25, 0.3) is 0 Å². The molecule has 0 spiro atoms. The lowest BCUT2D eigenvalue weighted by Crippen LogP contribution is -2.36. The molecule has 62 heavy (non-hydrogen) atoms. The summed E-state index contributed by atoms with van der Waals surface area (Å²) in [7, 11) is -3.66. The Morgan fingerprint density at radius 3 is 2.19 bits per heavy atom. The highest BCUT2D eigenvalue weighted by Gasteiger charge is 2.32. The van der Waals surface area contributed by atoms with Gasteiger partial charge in [-0.1, -0.05) is 23.2 Å². The number of thioether (sulfide) groups is 1. The van der Waals surface area contributed by atoms with Crippen LogP contribution in [0, 0.1) is 5.82 Å². The fourth-order valence-electron chi connectivity index (χ4n) is 4.67. The van der Waals surface area contributed by atoms with Crippen LogP contribution < -0.4 is 34.5 Å². The first kappa shape index (κ1) is 51.2. The maximum absolute atomic E-state index is 14.3. The first-order valence-electron chi connectivity index (χ1n) is 16.8. The summed E-state index contributed by atoms with van der Waals surface area (Å²) in [4.78, 5) is 85.5. The van der Waals surface area contributed by atoms with E-state index in [1.807, 2.05) is 0 Å². The number of urea groups is 1. The lowest BCUT2D eigenvalue weighted by molar-refractivity contribution is -0.137. The Morgan fingerprint density at radius 1 is 1.03 bits per heavy atom. The third-order valence-electron chi connectivity index (χ3n) is 7.25. The number of rotatable bonds is 14. The lowest BCUT2D eigenvalue weighted by atomic mass is 10.3. The molecule has 5 rings (SSSR count). The number of aromatic carboxylic acids is 1. The van der Waals surface area contributed by atoms with Crippen LogP contribution in [0.1, 0.15) is 23.2 Å². The third kappa shape index (κ3) is 15.0. The third-order valence-corrected chi connectivity index (χ3v) is 11.9. The maximum atomic E-state index is 14.3. The number of halogens is 3. The zero-order valence-electron chi connectivity index (χ0n) is 32.4. The van der Waals surface area contributed by atoms with Crippen LogP contribution >= 0.6 is 53.9 Å². The van der Waals surface area contributed by atoms with Gasteiger partial charge in [0.05, 0.1) is 51.0 Å². The largest absolute Gasteiger partial charge is 0.481 e. The number of aromatic nitrogens is 6. The normalized spacial score (nSPS) is 12.4. The highest BCUT2D eigenvalue weighted by Crippen LogP contribution is 2.33. The van der Waals surface area contributed by atoms with E-state index in [1.165, 1.54) is 33.5 Å². The Hall–Kier alpha value is -5.13. The van der Waals surface area contributed by atoms with Crippen molar-refractivity contribution in [3.8, 4) is 11.8 Å². The molecule has 7 N–H and O–H groups in total. The number of carbonyl (C=O) groups excluding carboxylic acids is 2. The van der Waals surface area contributed by atoms with Crippen molar-refractivity contribution in [3.05, 3.63) is 54.2 Å². The van der Waals surface area contributed by atoms with Crippen molar-refractivity contribution in [1.82, 2.24) is 39.2 Å². The molecule has 0 saturated carbocycles. The number of amides is 2. The molecule has 25 nitrogen and oxygen atoms in total. The Bertz CT molecular complexity index is 2580. The van der Waals surface area contributed by atoms with Crippen LogP contribution in [0.15, 0.2) is 37.9 Å². The van der Waals surface area contributed by atoms with Gasteiger partial charge >= 0.3 is 36.4 Å². The number of fused-ring (bicyclic) bond motifs is 1. The fourth-order valence-corrected chi connectivity index (χ4v) is 8.63. The SMILES string of the molecule is COC(=O)CSc1cc(/N=c2\sc(=O)n3n2CCCC3)c(F)cc1Cl.COc1cc(OC)nc(NC(=O)NS(=O)(=O)c2c(C(=O)O)c(Cl)nn2C)n1.O=C(O)CNCP(=O)(O)O. The quantitative estimate of drug-likeness (QED) is 0.0537. The first-order chi connectivity index (χ1) is 29.0. The predicted molar refractivity (Wildman–Crippen MR) is 217 cm³/mol. The first-order valence-corrected chi connectivity index (χ1v) is 22.6. The number of carboxylic acids is 2. The molecule has 0 atom stereocenters. The van der Waals surface area contributed by atoms with E-state index in [2.05, 4.69) is 35.4 Å². The van der Waals surface area contributed by atoms with Crippen LogP contribution in [0.2, 0.25) is 10.2 Å². The van der Waals surface area contributed by atoms with Crippen LogP contribution in [-0.4, -0.2) is 121 Å². The molecule has 2 amide bonds. The number of anilines is 1. The van der Waals surface area contributed by atoms with E-state index in [9.17, 15) is 41.3 Å². The number of hydrogen-bond acceptors (Lipinski definition) is 18. The summed E-state index contributed by atoms with van der Waals surface area (Å²) in [5.74, 6) is -3.92. The number of ether oxygens (including phenoxy) is 3. The molecule has 340 valence electrons. The van der Waals surface area contributed by atoms with Crippen LogP contribution in [-0.2, 0) is 49.1 Å². The topological polar surface area (TPSA) is 347 Å². The van der Waals surface area contributed by atoms with Crippen molar-refractivity contribution in [2.45, 2.75) is 35.9 Å². The van der Waals surface area contributed by atoms with Crippen LogP contribution in [0.5, 0.6) is 11.8 Å². The number of methoxy groups -OCH3 is 3. The zero-order chi connectivity index (χ0) is 46.5. The summed E-state index contributed by atoms with van der Waals surface area (Å²) in [5, 5.41) is 23.6. The second kappa shape index (κ2) is 22.8. The molecule has 0 fully saturated rings. The molecular weight excluding hydrogens is 957 g/mol. The average Bonchev–Trinajstić information content (AvgIpc) is 3.68. The number of aryl methyl sites for hydroxylation is 1. The van der Waals surface area contributed by atoms with Gasteiger partial charge in [0.2, 0.25) is 22.5 Å². The van der Waals surface area contributed by atoms with Crippen LogP contribution in [0.4, 0.5) is 20.8 Å². The van der Waals surface area contributed by atoms with Gasteiger partial charge < -0.3 is 34.2 Å². The van der Waals surface area contributed by atoms with Gasteiger partial charge in [0.15, 0.2) is 10.2 Å². The summed E-state index contributed by atoms with van der Waals surface area (Å²) in [6, 6.07) is 2.71. The minimum atomic E-state index is -4.64. The van der Waals surface area contributed by atoms with Gasteiger partial charge in [-0.15, -0.1) is 11.8 Å². The highest BCUT2D eigenvalue weighted by atomic mass is 35.5. The molecule has 4 heterocycles. The van der Waals surface area contributed by atoms with Gasteiger partial charge in [-0.05, 0) is 36.3 Å². The number of sulfonamides is 1. The number of benzene rings is 1.